The molecule has 0 aromatic carbocycles. The SMILES string of the molecule is O=C(c1cc2c(s1)CCCC2)N1CCN(Cc2ccc(Br)s2)CC1. The average Bonchev–Trinajstić information content (AvgIpc) is 3.21. The van der Waals surface area contributed by atoms with Gasteiger partial charge in [0.25, 0.3) is 5.91 Å². The quantitative estimate of drug-likeness (QED) is 0.728. The van der Waals surface area contributed by atoms with Crippen molar-refractivity contribution in [2.45, 2.75) is 32.2 Å². The molecule has 2 aliphatic rings. The van der Waals surface area contributed by atoms with Gasteiger partial charge in [0.1, 0.15) is 0 Å². The number of halogens is 1. The van der Waals surface area contributed by atoms with Crippen molar-refractivity contribution < 1.29 is 4.79 Å². The van der Waals surface area contributed by atoms with Crippen LogP contribution in [0, 0.1) is 0 Å². The predicted molar refractivity (Wildman–Crippen MR) is 104 cm³/mol. The zero-order valence-electron chi connectivity index (χ0n) is 13.6. The predicted octanol–water partition coefficient (Wildman–Crippen LogP) is 4.41. The van der Waals surface area contributed by atoms with Gasteiger partial charge in [0.15, 0.2) is 0 Å². The number of piperazine rings is 1. The van der Waals surface area contributed by atoms with E-state index in [1.807, 2.05) is 4.90 Å². The Balaban J connectivity index is 1.35. The fourth-order valence-electron chi connectivity index (χ4n) is 3.52. The van der Waals surface area contributed by atoms with Crippen molar-refractivity contribution in [2.75, 3.05) is 26.2 Å². The topological polar surface area (TPSA) is 23.6 Å². The highest BCUT2D eigenvalue weighted by Crippen LogP contribution is 2.30. The number of hydrogen-bond acceptors (Lipinski definition) is 4. The number of fused-ring (bicyclic) bond motifs is 1. The molecule has 1 aliphatic heterocycles. The maximum Gasteiger partial charge on any atom is 0.264 e. The second-order valence-electron chi connectivity index (χ2n) is 6.54. The van der Waals surface area contributed by atoms with Crippen LogP contribution in [0.4, 0.5) is 0 Å². The summed E-state index contributed by atoms with van der Waals surface area (Å²) in [6, 6.07) is 6.46. The van der Waals surface area contributed by atoms with Gasteiger partial charge in [0.05, 0.1) is 8.66 Å². The van der Waals surface area contributed by atoms with Crippen LogP contribution in [0.2, 0.25) is 0 Å². The molecule has 1 fully saturated rings. The Hall–Kier alpha value is -0.690. The van der Waals surface area contributed by atoms with Crippen LogP contribution in [0.25, 0.3) is 0 Å². The molecule has 0 atom stereocenters. The molecule has 0 radical (unpaired) electrons. The summed E-state index contributed by atoms with van der Waals surface area (Å²) in [5.74, 6) is 0.243. The molecule has 3 nitrogen and oxygen atoms in total. The first-order chi connectivity index (χ1) is 11.7. The van der Waals surface area contributed by atoms with E-state index in [1.165, 1.54) is 31.9 Å². The minimum Gasteiger partial charge on any atom is -0.335 e. The van der Waals surface area contributed by atoms with Crippen LogP contribution >= 0.6 is 38.6 Å². The van der Waals surface area contributed by atoms with Gasteiger partial charge in [-0.05, 0) is 65.4 Å². The molecule has 6 heteroatoms. The first-order valence-electron chi connectivity index (χ1n) is 8.56. The molecular formula is C18H21BrN2OS2. The van der Waals surface area contributed by atoms with Crippen molar-refractivity contribution in [3.05, 3.63) is 42.2 Å². The van der Waals surface area contributed by atoms with E-state index in [0.29, 0.717) is 0 Å². The number of thiophene rings is 2. The van der Waals surface area contributed by atoms with Crippen LogP contribution in [-0.4, -0.2) is 41.9 Å². The highest BCUT2D eigenvalue weighted by molar-refractivity contribution is 9.11. The Morgan fingerprint density at radius 1 is 1.08 bits per heavy atom. The number of rotatable bonds is 3. The minimum atomic E-state index is 0.243. The summed E-state index contributed by atoms with van der Waals surface area (Å²) in [6.45, 7) is 4.60. The van der Waals surface area contributed by atoms with Gasteiger partial charge >= 0.3 is 0 Å². The van der Waals surface area contributed by atoms with Crippen LogP contribution < -0.4 is 0 Å². The van der Waals surface area contributed by atoms with E-state index in [2.05, 4.69) is 39.0 Å². The van der Waals surface area contributed by atoms with Crippen LogP contribution in [0.1, 0.15) is 37.8 Å². The summed E-state index contributed by atoms with van der Waals surface area (Å²) in [4.78, 5) is 21.1. The Morgan fingerprint density at radius 3 is 2.58 bits per heavy atom. The first kappa shape index (κ1) is 16.8. The molecule has 1 amide bonds. The Labute approximate surface area is 159 Å². The molecule has 0 unspecified atom stereocenters. The van der Waals surface area contributed by atoms with E-state index in [4.69, 9.17) is 0 Å². The van der Waals surface area contributed by atoms with Crippen molar-refractivity contribution in [1.29, 1.82) is 0 Å². The summed E-state index contributed by atoms with van der Waals surface area (Å²) < 4.78 is 1.19. The Bertz CT molecular complexity index is 708. The van der Waals surface area contributed by atoms with Crippen molar-refractivity contribution in [3.8, 4) is 0 Å². The minimum absolute atomic E-state index is 0.243. The summed E-state index contributed by atoms with van der Waals surface area (Å²) in [5.41, 5.74) is 1.43. The fraction of sp³-hybridized carbons (Fsp3) is 0.500. The maximum absolute atomic E-state index is 12.8. The van der Waals surface area contributed by atoms with Gasteiger partial charge in [-0.25, -0.2) is 0 Å². The third-order valence-electron chi connectivity index (χ3n) is 4.88. The molecule has 0 spiro atoms. The molecular weight excluding hydrogens is 404 g/mol. The van der Waals surface area contributed by atoms with Crippen LogP contribution in [0.15, 0.2) is 22.0 Å². The van der Waals surface area contributed by atoms with Crippen LogP contribution in [-0.2, 0) is 19.4 Å². The average molecular weight is 425 g/mol. The van der Waals surface area contributed by atoms with Gasteiger partial charge in [-0.1, -0.05) is 0 Å². The van der Waals surface area contributed by atoms with Crippen LogP contribution in [0.5, 0.6) is 0 Å². The molecule has 2 aromatic heterocycles. The van der Waals surface area contributed by atoms with Crippen molar-refractivity contribution in [1.82, 2.24) is 9.80 Å². The van der Waals surface area contributed by atoms with Crippen molar-refractivity contribution >= 4 is 44.5 Å². The molecule has 0 saturated carbocycles. The van der Waals surface area contributed by atoms with Gasteiger partial charge in [0.2, 0.25) is 0 Å². The number of carbonyl (C=O) groups is 1. The van der Waals surface area contributed by atoms with Crippen LogP contribution in [0.3, 0.4) is 0 Å². The molecule has 2 aromatic rings. The molecule has 4 rings (SSSR count). The Kier molecular flexibility index (Phi) is 5.08. The number of carbonyl (C=O) groups excluding carboxylic acids is 1. The summed E-state index contributed by atoms with van der Waals surface area (Å²) in [6.07, 6.45) is 4.87. The smallest absolute Gasteiger partial charge is 0.264 e. The second kappa shape index (κ2) is 7.28. The van der Waals surface area contributed by atoms with Gasteiger partial charge in [-0.3, -0.25) is 9.69 Å². The van der Waals surface area contributed by atoms with E-state index in [1.54, 1.807) is 22.7 Å². The van der Waals surface area contributed by atoms with E-state index < -0.39 is 0 Å². The standard InChI is InChI=1S/C18H21BrN2OS2/c19-17-6-5-14(23-17)12-20-7-9-21(10-8-20)18(22)16-11-13-3-1-2-4-15(13)24-16/h5-6,11H,1-4,7-10,12H2. The second-order valence-corrected chi connectivity index (χ2v) is 10.2. The molecule has 128 valence electrons. The monoisotopic (exact) mass is 424 g/mol. The number of amides is 1. The lowest BCUT2D eigenvalue weighted by Gasteiger charge is -2.34. The first-order valence-corrected chi connectivity index (χ1v) is 11.0. The van der Waals surface area contributed by atoms with E-state index in [9.17, 15) is 4.79 Å². The Morgan fingerprint density at radius 2 is 1.88 bits per heavy atom. The highest BCUT2D eigenvalue weighted by atomic mass is 79.9. The number of aryl methyl sites for hydroxylation is 2. The lowest BCUT2D eigenvalue weighted by Crippen LogP contribution is -2.48. The van der Waals surface area contributed by atoms with E-state index >= 15 is 0 Å². The van der Waals surface area contributed by atoms with Crippen molar-refractivity contribution in [3.63, 3.8) is 0 Å². The van der Waals surface area contributed by atoms with Gasteiger partial charge < -0.3 is 4.90 Å². The zero-order chi connectivity index (χ0) is 16.5. The molecule has 1 saturated heterocycles. The molecule has 1 aliphatic carbocycles. The summed E-state index contributed by atoms with van der Waals surface area (Å²) in [7, 11) is 0. The van der Waals surface area contributed by atoms with E-state index in [0.717, 1.165) is 50.4 Å². The largest absolute Gasteiger partial charge is 0.335 e. The van der Waals surface area contributed by atoms with Gasteiger partial charge in [-0.15, -0.1) is 22.7 Å². The third kappa shape index (κ3) is 3.62. The normalized spacial score (nSPS) is 18.6. The third-order valence-corrected chi connectivity index (χ3v) is 7.71. The fourth-order valence-corrected chi connectivity index (χ4v) is 6.27. The van der Waals surface area contributed by atoms with Gasteiger partial charge in [-0.2, -0.15) is 0 Å². The lowest BCUT2D eigenvalue weighted by atomic mass is 9.99. The summed E-state index contributed by atoms with van der Waals surface area (Å²) in [5, 5.41) is 0. The maximum atomic E-state index is 12.8. The summed E-state index contributed by atoms with van der Waals surface area (Å²) >= 11 is 7.06. The molecule has 0 bridgehead atoms. The number of hydrogen-bond donors (Lipinski definition) is 0. The van der Waals surface area contributed by atoms with E-state index in [-0.39, 0.29) is 5.91 Å². The molecule has 3 heterocycles. The zero-order valence-corrected chi connectivity index (χ0v) is 16.8. The molecule has 0 N–H and O–H groups in total. The van der Waals surface area contributed by atoms with Gasteiger partial charge in [0, 0.05) is 42.5 Å². The number of nitrogens with zero attached hydrogens (tertiary/aromatic N) is 2. The highest BCUT2D eigenvalue weighted by Gasteiger charge is 2.25. The molecule has 24 heavy (non-hydrogen) atoms. The lowest BCUT2D eigenvalue weighted by molar-refractivity contribution is 0.0634. The van der Waals surface area contributed by atoms with Crippen molar-refractivity contribution in [2.24, 2.45) is 0 Å².